The molecule has 1 N–H and O–H groups in total. The summed E-state index contributed by atoms with van der Waals surface area (Å²) in [7, 11) is -3.16. The number of nitrogens with zero attached hydrogens (tertiary/aromatic N) is 1. The highest BCUT2D eigenvalue weighted by Crippen LogP contribution is 2.62. The highest BCUT2D eigenvalue weighted by molar-refractivity contribution is 7.91. The fraction of sp³-hybridized carbons (Fsp3) is 0.923. The van der Waals surface area contributed by atoms with Gasteiger partial charge in [0.15, 0.2) is 9.84 Å². The summed E-state index contributed by atoms with van der Waals surface area (Å²) in [4.78, 5) is 28.2. The van der Waals surface area contributed by atoms with Crippen molar-refractivity contribution in [3.63, 3.8) is 0 Å². The molecule has 7 heteroatoms. The summed E-state index contributed by atoms with van der Waals surface area (Å²) in [5.41, 5.74) is 2.44. The number of nitrogens with one attached hydrogen (secondary N) is 1. The van der Waals surface area contributed by atoms with Crippen LogP contribution in [0.1, 0.15) is 83.5 Å². The van der Waals surface area contributed by atoms with Crippen LogP contribution < -0.4 is 5.43 Å². The molecule has 0 aromatic heterocycles. The van der Waals surface area contributed by atoms with Gasteiger partial charge in [-0.3, -0.25) is 15.0 Å². The van der Waals surface area contributed by atoms with Gasteiger partial charge in [0.1, 0.15) is 0 Å². The molecule has 9 aliphatic rings. The summed E-state index contributed by atoms with van der Waals surface area (Å²) >= 11 is 0. The van der Waals surface area contributed by atoms with Crippen molar-refractivity contribution in [2.45, 2.75) is 89.5 Å². The van der Waals surface area contributed by atoms with Gasteiger partial charge in [-0.15, -0.1) is 0 Å². The smallest absolute Gasteiger partial charge is 0.247 e. The predicted molar refractivity (Wildman–Crippen MR) is 123 cm³/mol. The molecule has 2 amide bonds. The first-order valence-electron chi connectivity index (χ1n) is 13.6. The van der Waals surface area contributed by atoms with Gasteiger partial charge < -0.3 is 0 Å². The first-order valence-corrected chi connectivity index (χ1v) is 15.4. The summed E-state index contributed by atoms with van der Waals surface area (Å²) in [6, 6.07) is -0.409. The Morgan fingerprint density at radius 1 is 0.697 bits per heavy atom. The summed E-state index contributed by atoms with van der Waals surface area (Å²) in [6.07, 6.45) is 13.7. The van der Waals surface area contributed by atoms with Crippen LogP contribution in [0, 0.1) is 46.3 Å². The Bertz CT molecular complexity index is 918. The normalized spacial score (nSPS) is 50.5. The van der Waals surface area contributed by atoms with E-state index in [2.05, 4.69) is 5.43 Å². The molecule has 1 saturated heterocycles. The molecule has 9 rings (SSSR count). The molecule has 8 bridgehead atoms. The van der Waals surface area contributed by atoms with Crippen LogP contribution in [0.2, 0.25) is 0 Å². The van der Waals surface area contributed by atoms with E-state index in [1.54, 1.807) is 5.01 Å². The van der Waals surface area contributed by atoms with Crippen LogP contribution in [0.3, 0.4) is 0 Å². The van der Waals surface area contributed by atoms with E-state index in [4.69, 9.17) is 0 Å². The van der Waals surface area contributed by atoms with Gasteiger partial charge in [-0.1, -0.05) is 0 Å². The fourth-order valence-electron chi connectivity index (χ4n) is 10.5. The number of sulfone groups is 1. The van der Waals surface area contributed by atoms with Gasteiger partial charge in [-0.2, -0.15) is 0 Å². The molecular weight excluding hydrogens is 436 g/mol. The lowest BCUT2D eigenvalue weighted by molar-refractivity contribution is -0.171. The Hall–Kier alpha value is -1.11. The summed E-state index contributed by atoms with van der Waals surface area (Å²) < 4.78 is 24.7. The van der Waals surface area contributed by atoms with E-state index in [0.29, 0.717) is 41.9 Å². The van der Waals surface area contributed by atoms with Crippen LogP contribution in [-0.4, -0.2) is 42.8 Å². The molecule has 1 atom stereocenters. The van der Waals surface area contributed by atoms with Gasteiger partial charge in [-0.25, -0.2) is 13.4 Å². The SMILES string of the molecule is O=C(NN(C(=O)C12CC3CC(CC(C3)C1)C2)[C@H]1CCS(=O)(=O)C1)C12CC3CC(CC(C3)C1)C2. The number of hydrogen-bond acceptors (Lipinski definition) is 4. The van der Waals surface area contributed by atoms with E-state index in [1.807, 2.05) is 0 Å². The molecule has 182 valence electrons. The maximum absolute atomic E-state index is 14.3. The molecule has 9 fully saturated rings. The standard InChI is InChI=1S/C26H38N2O4S/c29-23(25-9-16-3-17(10-25)5-18(4-16)11-25)27-28(22-1-2-33(31,32)15-22)24(30)26-12-19-6-20(13-26)8-21(7-19)14-26/h16-22H,1-15H2,(H,27,29)/t16?,17?,18?,19?,20?,21?,22-,25?,26?/m0/s1. The van der Waals surface area contributed by atoms with E-state index in [1.165, 1.54) is 38.5 Å². The van der Waals surface area contributed by atoms with Crippen LogP contribution in [0.15, 0.2) is 0 Å². The third-order valence-electron chi connectivity index (χ3n) is 11.0. The van der Waals surface area contributed by atoms with Crippen LogP contribution in [0.5, 0.6) is 0 Å². The van der Waals surface area contributed by atoms with Gasteiger partial charge >= 0.3 is 0 Å². The van der Waals surface area contributed by atoms with Crippen molar-refractivity contribution in [2.75, 3.05) is 11.5 Å². The second-order valence-corrected chi connectivity index (χ2v) is 15.8. The highest BCUT2D eigenvalue weighted by atomic mass is 32.2. The van der Waals surface area contributed by atoms with Crippen LogP contribution >= 0.6 is 0 Å². The third kappa shape index (κ3) is 3.34. The Morgan fingerprint density at radius 2 is 1.12 bits per heavy atom. The first kappa shape index (κ1) is 21.2. The Morgan fingerprint density at radius 3 is 1.52 bits per heavy atom. The number of hydrazine groups is 1. The highest BCUT2D eigenvalue weighted by Gasteiger charge is 2.59. The number of rotatable bonds is 3. The topological polar surface area (TPSA) is 83.6 Å². The fourth-order valence-corrected chi connectivity index (χ4v) is 12.2. The van der Waals surface area contributed by atoms with Crippen LogP contribution in [0.4, 0.5) is 0 Å². The summed E-state index contributed by atoms with van der Waals surface area (Å²) in [5, 5.41) is 1.60. The molecule has 8 saturated carbocycles. The van der Waals surface area contributed by atoms with Crippen LogP contribution in [-0.2, 0) is 19.4 Å². The molecule has 33 heavy (non-hydrogen) atoms. The van der Waals surface area contributed by atoms with E-state index >= 15 is 0 Å². The Balaban J connectivity index is 1.18. The van der Waals surface area contributed by atoms with Gasteiger partial charge in [0, 0.05) is 0 Å². The van der Waals surface area contributed by atoms with Crippen molar-refractivity contribution in [3.8, 4) is 0 Å². The van der Waals surface area contributed by atoms with Crippen molar-refractivity contribution >= 4 is 21.7 Å². The van der Waals surface area contributed by atoms with Crippen LogP contribution in [0.25, 0.3) is 0 Å². The monoisotopic (exact) mass is 474 g/mol. The Kier molecular flexibility index (Phi) is 4.48. The molecule has 0 aromatic rings. The number of hydrogen-bond donors (Lipinski definition) is 1. The lowest BCUT2D eigenvalue weighted by Gasteiger charge is -2.58. The van der Waals surface area contributed by atoms with E-state index in [9.17, 15) is 18.0 Å². The van der Waals surface area contributed by atoms with Gasteiger partial charge in [0.25, 0.3) is 0 Å². The molecule has 8 aliphatic carbocycles. The minimum Gasteiger partial charge on any atom is -0.273 e. The molecule has 0 unspecified atom stereocenters. The van der Waals surface area contributed by atoms with Crippen molar-refractivity contribution in [1.29, 1.82) is 0 Å². The van der Waals surface area contributed by atoms with Gasteiger partial charge in [0.2, 0.25) is 11.8 Å². The largest absolute Gasteiger partial charge is 0.273 e. The van der Waals surface area contributed by atoms with Crippen molar-refractivity contribution in [3.05, 3.63) is 0 Å². The van der Waals surface area contributed by atoms with Gasteiger partial charge in [0.05, 0.1) is 28.4 Å². The quantitative estimate of drug-likeness (QED) is 0.635. The predicted octanol–water partition coefficient (Wildman–Crippen LogP) is 3.47. The zero-order valence-electron chi connectivity index (χ0n) is 19.6. The third-order valence-corrected chi connectivity index (χ3v) is 12.8. The molecule has 0 spiro atoms. The molecular formula is C26H38N2O4S. The van der Waals surface area contributed by atoms with Gasteiger partial charge in [-0.05, 0) is 119 Å². The lowest BCUT2D eigenvalue weighted by Crippen LogP contribution is -2.64. The minimum atomic E-state index is -3.16. The second kappa shape index (κ2) is 6.98. The minimum absolute atomic E-state index is 0.00768. The average Bonchev–Trinajstić information content (AvgIpc) is 3.09. The summed E-state index contributed by atoms with van der Waals surface area (Å²) in [6.45, 7) is 0. The maximum atomic E-state index is 14.3. The molecule has 6 nitrogen and oxygen atoms in total. The average molecular weight is 475 g/mol. The number of carbonyl (C=O) groups is 2. The maximum Gasteiger partial charge on any atom is 0.247 e. The zero-order valence-corrected chi connectivity index (χ0v) is 20.5. The summed E-state index contributed by atoms with van der Waals surface area (Å²) in [5.74, 6) is 4.03. The lowest BCUT2D eigenvalue weighted by atomic mass is 9.49. The number of carbonyl (C=O) groups excluding carboxylic acids is 2. The second-order valence-electron chi connectivity index (χ2n) is 13.6. The molecule has 1 aliphatic heterocycles. The van der Waals surface area contributed by atoms with Crippen molar-refractivity contribution in [1.82, 2.24) is 10.4 Å². The molecule has 0 radical (unpaired) electrons. The van der Waals surface area contributed by atoms with Crippen molar-refractivity contribution in [2.24, 2.45) is 46.3 Å². The molecule has 0 aromatic carbocycles. The zero-order chi connectivity index (χ0) is 22.6. The van der Waals surface area contributed by atoms with E-state index in [0.717, 1.165) is 38.5 Å². The van der Waals surface area contributed by atoms with E-state index in [-0.39, 0.29) is 34.2 Å². The number of amides is 2. The first-order chi connectivity index (χ1) is 15.7. The van der Waals surface area contributed by atoms with Crippen molar-refractivity contribution < 1.29 is 18.0 Å². The van der Waals surface area contributed by atoms with E-state index < -0.39 is 15.9 Å². The molecule has 1 heterocycles. The Labute approximate surface area is 197 Å².